The molecule has 0 amide bonds. The van der Waals surface area contributed by atoms with Gasteiger partial charge in [0.2, 0.25) is 0 Å². The lowest BCUT2D eigenvalue weighted by Gasteiger charge is -2.08. The van der Waals surface area contributed by atoms with Crippen molar-refractivity contribution in [3.63, 3.8) is 0 Å². The first-order chi connectivity index (χ1) is 7.99. The Kier molecular flexibility index (Phi) is 4.10. The highest BCUT2D eigenvalue weighted by Gasteiger charge is 2.18. The van der Waals surface area contributed by atoms with Gasteiger partial charge in [0.1, 0.15) is 11.8 Å². The number of hydrogen-bond donors (Lipinski definition) is 0. The van der Waals surface area contributed by atoms with Crippen LogP contribution < -0.4 is 0 Å². The molecular weight excluding hydrogens is 230 g/mol. The van der Waals surface area contributed by atoms with E-state index in [1.54, 1.807) is 13.0 Å². The summed E-state index contributed by atoms with van der Waals surface area (Å²) < 4.78 is 29.7. The van der Waals surface area contributed by atoms with Crippen molar-refractivity contribution in [2.45, 2.75) is 19.8 Å². The van der Waals surface area contributed by atoms with E-state index in [1.807, 2.05) is 0 Å². The number of aromatic nitrogens is 1. The Morgan fingerprint density at radius 3 is 2.76 bits per heavy atom. The van der Waals surface area contributed by atoms with Gasteiger partial charge in [-0.2, -0.15) is 5.26 Å². The lowest BCUT2D eigenvalue weighted by atomic mass is 10.1. The number of hydrogen-bond acceptors (Lipinski definition) is 4. The van der Waals surface area contributed by atoms with Crippen LogP contribution in [0, 0.1) is 18.3 Å². The smallest absolute Gasteiger partial charge is 0.311 e. The number of ether oxygens (including phenoxy) is 1. The number of nitriles is 1. The zero-order valence-electron chi connectivity index (χ0n) is 9.33. The molecule has 0 atom stereocenters. The van der Waals surface area contributed by atoms with Crippen LogP contribution in [-0.4, -0.2) is 18.1 Å². The summed E-state index contributed by atoms with van der Waals surface area (Å²) in [6, 6.07) is 2.95. The monoisotopic (exact) mass is 240 g/mol. The van der Waals surface area contributed by atoms with Crippen molar-refractivity contribution in [3.05, 3.63) is 28.6 Å². The molecule has 6 heteroatoms. The molecule has 0 N–H and O–H groups in total. The normalized spacial score (nSPS) is 10.1. The highest BCUT2D eigenvalue weighted by Crippen LogP contribution is 2.23. The molecule has 1 heterocycles. The van der Waals surface area contributed by atoms with Crippen LogP contribution in [0.2, 0.25) is 0 Å². The maximum atomic E-state index is 12.6. The van der Waals surface area contributed by atoms with Crippen LogP contribution in [0.1, 0.15) is 28.9 Å². The van der Waals surface area contributed by atoms with E-state index in [9.17, 15) is 13.6 Å². The van der Waals surface area contributed by atoms with Crippen molar-refractivity contribution in [1.82, 2.24) is 4.98 Å². The van der Waals surface area contributed by atoms with Crippen LogP contribution in [-0.2, 0) is 16.0 Å². The Morgan fingerprint density at radius 2 is 2.29 bits per heavy atom. The van der Waals surface area contributed by atoms with Crippen LogP contribution in [0.15, 0.2) is 6.07 Å². The lowest BCUT2D eigenvalue weighted by Crippen LogP contribution is -2.10. The van der Waals surface area contributed by atoms with Gasteiger partial charge in [-0.25, -0.2) is 13.8 Å². The van der Waals surface area contributed by atoms with Crippen molar-refractivity contribution in [1.29, 1.82) is 5.26 Å². The van der Waals surface area contributed by atoms with E-state index in [-0.39, 0.29) is 17.7 Å². The van der Waals surface area contributed by atoms with Gasteiger partial charge in [-0.05, 0) is 18.6 Å². The molecule has 4 nitrogen and oxygen atoms in total. The largest absolute Gasteiger partial charge is 0.469 e. The van der Waals surface area contributed by atoms with E-state index in [0.29, 0.717) is 5.56 Å². The first-order valence-electron chi connectivity index (χ1n) is 4.75. The molecule has 0 bridgehead atoms. The molecule has 0 fully saturated rings. The fourth-order valence-corrected chi connectivity index (χ4v) is 1.31. The van der Waals surface area contributed by atoms with E-state index in [4.69, 9.17) is 5.26 Å². The maximum Gasteiger partial charge on any atom is 0.311 e. The lowest BCUT2D eigenvalue weighted by molar-refractivity contribution is -0.139. The summed E-state index contributed by atoms with van der Waals surface area (Å²) in [6.07, 6.45) is -3.03. The number of methoxy groups -OCH3 is 1. The van der Waals surface area contributed by atoms with Crippen LogP contribution in [0.3, 0.4) is 0 Å². The summed E-state index contributed by atoms with van der Waals surface area (Å²) in [4.78, 5) is 14.7. The summed E-state index contributed by atoms with van der Waals surface area (Å²) in [5.74, 6) is -0.564. The number of alkyl halides is 2. The molecule has 0 aromatic carbocycles. The molecule has 0 saturated heterocycles. The van der Waals surface area contributed by atoms with E-state index in [1.165, 1.54) is 13.2 Å². The third-order valence-electron chi connectivity index (χ3n) is 2.21. The number of pyridine rings is 1. The number of carbonyl (C=O) groups excluding carboxylic acids is 1. The van der Waals surface area contributed by atoms with E-state index >= 15 is 0 Å². The highest BCUT2D eigenvalue weighted by atomic mass is 19.3. The summed E-state index contributed by atoms with van der Waals surface area (Å²) in [5.41, 5.74) is -0.0642. The average molecular weight is 240 g/mol. The van der Waals surface area contributed by atoms with Gasteiger partial charge in [0.15, 0.2) is 0 Å². The van der Waals surface area contributed by atoms with Crippen molar-refractivity contribution in [3.8, 4) is 6.07 Å². The van der Waals surface area contributed by atoms with Gasteiger partial charge in [0, 0.05) is 0 Å². The zero-order valence-corrected chi connectivity index (χ0v) is 9.33. The van der Waals surface area contributed by atoms with E-state index in [2.05, 4.69) is 9.72 Å². The fourth-order valence-electron chi connectivity index (χ4n) is 1.31. The molecule has 0 unspecified atom stereocenters. The first-order valence-corrected chi connectivity index (χ1v) is 4.75. The van der Waals surface area contributed by atoms with Crippen molar-refractivity contribution < 1.29 is 18.3 Å². The van der Waals surface area contributed by atoms with Crippen LogP contribution in [0.5, 0.6) is 0 Å². The molecule has 1 aromatic heterocycles. The maximum absolute atomic E-state index is 12.6. The van der Waals surface area contributed by atoms with E-state index < -0.39 is 18.1 Å². The minimum atomic E-state index is -2.85. The van der Waals surface area contributed by atoms with Gasteiger partial charge >= 0.3 is 5.97 Å². The van der Waals surface area contributed by atoms with E-state index in [0.717, 1.165) is 0 Å². The molecule has 0 aliphatic rings. The third kappa shape index (κ3) is 2.97. The van der Waals surface area contributed by atoms with Crippen molar-refractivity contribution >= 4 is 5.97 Å². The first kappa shape index (κ1) is 13.0. The zero-order chi connectivity index (χ0) is 13.0. The van der Waals surface area contributed by atoms with Crippen LogP contribution >= 0.6 is 0 Å². The quantitative estimate of drug-likeness (QED) is 0.757. The SMILES string of the molecule is COC(=O)Cc1nc(C(F)F)c(C#N)cc1C. The highest BCUT2D eigenvalue weighted by molar-refractivity contribution is 5.72. The second-order valence-corrected chi connectivity index (χ2v) is 3.35. The number of rotatable bonds is 3. The number of nitrogens with zero attached hydrogens (tertiary/aromatic N) is 2. The van der Waals surface area contributed by atoms with Gasteiger partial charge in [0.05, 0.1) is 24.8 Å². The summed E-state index contributed by atoms with van der Waals surface area (Å²) in [7, 11) is 1.20. The molecule has 17 heavy (non-hydrogen) atoms. The number of carbonyl (C=O) groups is 1. The third-order valence-corrected chi connectivity index (χ3v) is 2.21. The standard InChI is InChI=1S/C11H10F2N2O2/c1-6-3-7(5-14)10(11(12)13)15-8(6)4-9(16)17-2/h3,11H,4H2,1-2H3. The Labute approximate surface area is 96.8 Å². The predicted molar refractivity (Wildman–Crippen MR) is 54.4 cm³/mol. The molecule has 0 aliphatic heterocycles. The van der Waals surface area contributed by atoms with Gasteiger partial charge < -0.3 is 4.74 Å². The fraction of sp³-hybridized carbons (Fsp3) is 0.364. The average Bonchev–Trinajstić information content (AvgIpc) is 2.30. The van der Waals surface area contributed by atoms with Crippen LogP contribution in [0.4, 0.5) is 8.78 Å². The van der Waals surface area contributed by atoms with Crippen LogP contribution in [0.25, 0.3) is 0 Å². The number of halogens is 2. The minimum absolute atomic E-state index is 0.175. The molecule has 0 spiro atoms. The van der Waals surface area contributed by atoms with Crippen molar-refractivity contribution in [2.75, 3.05) is 7.11 Å². The molecule has 90 valence electrons. The van der Waals surface area contributed by atoms with Gasteiger partial charge in [-0.15, -0.1) is 0 Å². The van der Waals surface area contributed by atoms with Crippen molar-refractivity contribution in [2.24, 2.45) is 0 Å². The Hall–Kier alpha value is -2.03. The molecular formula is C11H10F2N2O2. The summed E-state index contributed by atoms with van der Waals surface area (Å²) >= 11 is 0. The molecule has 0 radical (unpaired) electrons. The molecule has 1 rings (SSSR count). The van der Waals surface area contributed by atoms with Gasteiger partial charge in [-0.1, -0.05) is 0 Å². The number of aryl methyl sites for hydroxylation is 1. The Morgan fingerprint density at radius 1 is 1.65 bits per heavy atom. The second-order valence-electron chi connectivity index (χ2n) is 3.35. The summed E-state index contributed by atoms with van der Waals surface area (Å²) in [6.45, 7) is 1.60. The second kappa shape index (κ2) is 5.34. The molecule has 1 aromatic rings. The number of esters is 1. The Bertz CT molecular complexity index is 481. The topological polar surface area (TPSA) is 63.0 Å². The summed E-state index contributed by atoms with van der Waals surface area (Å²) in [5, 5.41) is 8.70. The predicted octanol–water partition coefficient (Wildman–Crippen LogP) is 1.91. The van der Waals surface area contributed by atoms with Gasteiger partial charge in [0.25, 0.3) is 6.43 Å². The molecule has 0 saturated carbocycles. The minimum Gasteiger partial charge on any atom is -0.469 e. The van der Waals surface area contributed by atoms with Gasteiger partial charge in [-0.3, -0.25) is 4.79 Å². The Balaban J connectivity index is 3.21. The molecule has 0 aliphatic carbocycles.